The predicted molar refractivity (Wildman–Crippen MR) is 94.3 cm³/mol. The molecule has 2 N–H and O–H groups in total. The number of hydrogen-bond acceptors (Lipinski definition) is 5. The van der Waals surface area contributed by atoms with E-state index in [2.05, 4.69) is 10.6 Å². The Bertz CT molecular complexity index is 831. The van der Waals surface area contributed by atoms with E-state index in [1.165, 1.54) is 12.1 Å². The van der Waals surface area contributed by atoms with Crippen LogP contribution in [0.4, 0.5) is 11.4 Å². The highest BCUT2D eigenvalue weighted by Crippen LogP contribution is 2.21. The Labute approximate surface area is 149 Å². The molecule has 0 saturated heterocycles. The van der Waals surface area contributed by atoms with Crippen molar-refractivity contribution >= 4 is 28.9 Å². The van der Waals surface area contributed by atoms with Gasteiger partial charge in [0.25, 0.3) is 5.69 Å². The molecule has 2 aromatic rings. The summed E-state index contributed by atoms with van der Waals surface area (Å²) in [4.78, 5) is 22.2. The van der Waals surface area contributed by atoms with Crippen LogP contribution in [-0.2, 0) is 4.79 Å². The van der Waals surface area contributed by atoms with Gasteiger partial charge in [0.2, 0.25) is 5.91 Å². The van der Waals surface area contributed by atoms with Crippen molar-refractivity contribution in [1.29, 1.82) is 5.26 Å². The lowest BCUT2D eigenvalue weighted by molar-refractivity contribution is -0.384. The highest BCUT2D eigenvalue weighted by atomic mass is 35.5. The van der Waals surface area contributed by atoms with Gasteiger partial charge in [0.1, 0.15) is 6.07 Å². The van der Waals surface area contributed by atoms with E-state index in [0.717, 1.165) is 11.6 Å². The van der Waals surface area contributed by atoms with E-state index in [4.69, 9.17) is 16.9 Å². The summed E-state index contributed by atoms with van der Waals surface area (Å²) in [6.45, 7) is 1.93. The zero-order chi connectivity index (χ0) is 18.4. The number of nitrogens with one attached hydrogen (secondary N) is 2. The molecule has 0 spiro atoms. The van der Waals surface area contributed by atoms with Gasteiger partial charge in [-0.25, -0.2) is 0 Å². The first kappa shape index (κ1) is 18.4. The van der Waals surface area contributed by atoms with Crippen molar-refractivity contribution in [2.45, 2.75) is 13.0 Å². The topological polar surface area (TPSA) is 108 Å². The van der Waals surface area contributed by atoms with E-state index >= 15 is 0 Å². The second-order valence-electron chi connectivity index (χ2n) is 5.30. The number of nitrogens with zero attached hydrogens (tertiary/aromatic N) is 2. The molecule has 0 aromatic heterocycles. The zero-order valence-corrected chi connectivity index (χ0v) is 14.1. The van der Waals surface area contributed by atoms with Crippen LogP contribution >= 0.6 is 11.6 Å². The number of benzene rings is 2. The molecule has 0 unspecified atom stereocenters. The number of nitriles is 1. The third-order valence-electron chi connectivity index (χ3n) is 3.55. The van der Waals surface area contributed by atoms with E-state index in [1.54, 1.807) is 12.1 Å². The van der Waals surface area contributed by atoms with Gasteiger partial charge >= 0.3 is 0 Å². The Morgan fingerprint density at radius 3 is 2.60 bits per heavy atom. The minimum atomic E-state index is -0.595. The number of hydrogen-bond donors (Lipinski definition) is 2. The maximum Gasteiger partial charge on any atom is 0.270 e. The summed E-state index contributed by atoms with van der Waals surface area (Å²) in [5.74, 6) is -0.355. The third kappa shape index (κ3) is 5.01. The van der Waals surface area contributed by atoms with Gasteiger partial charge in [0, 0.05) is 23.2 Å². The van der Waals surface area contributed by atoms with Crippen molar-refractivity contribution < 1.29 is 9.72 Å². The van der Waals surface area contributed by atoms with Gasteiger partial charge in [0.05, 0.1) is 22.7 Å². The molecule has 0 bridgehead atoms. The summed E-state index contributed by atoms with van der Waals surface area (Å²) in [5, 5.41) is 26.1. The number of amides is 1. The average molecular weight is 359 g/mol. The zero-order valence-electron chi connectivity index (χ0n) is 13.3. The molecule has 0 aliphatic rings. The van der Waals surface area contributed by atoms with E-state index in [-0.39, 0.29) is 35.4 Å². The second-order valence-corrected chi connectivity index (χ2v) is 5.74. The number of anilines is 1. The quantitative estimate of drug-likeness (QED) is 0.607. The van der Waals surface area contributed by atoms with Gasteiger partial charge in [-0.3, -0.25) is 14.9 Å². The van der Waals surface area contributed by atoms with Crippen LogP contribution in [0, 0.1) is 21.4 Å². The van der Waals surface area contributed by atoms with Gasteiger partial charge in [-0.2, -0.15) is 5.26 Å². The molecule has 2 aromatic carbocycles. The summed E-state index contributed by atoms with van der Waals surface area (Å²) in [6.07, 6.45) is 0. The highest BCUT2D eigenvalue weighted by Gasteiger charge is 2.13. The summed E-state index contributed by atoms with van der Waals surface area (Å²) in [5.41, 5.74) is 1.04. The molecule has 1 amide bonds. The van der Waals surface area contributed by atoms with Crippen LogP contribution in [0.1, 0.15) is 24.1 Å². The number of nitro benzene ring substituents is 1. The van der Waals surface area contributed by atoms with Crippen molar-refractivity contribution in [2.75, 3.05) is 11.9 Å². The number of non-ortho nitro benzene ring substituents is 1. The van der Waals surface area contributed by atoms with E-state index in [0.29, 0.717) is 5.02 Å². The molecule has 8 heteroatoms. The predicted octanol–water partition coefficient (Wildman–Crippen LogP) is 3.41. The third-order valence-corrected chi connectivity index (χ3v) is 3.80. The lowest BCUT2D eigenvalue weighted by Crippen LogP contribution is -2.30. The molecular weight excluding hydrogens is 344 g/mol. The van der Waals surface area contributed by atoms with Gasteiger partial charge < -0.3 is 10.6 Å². The van der Waals surface area contributed by atoms with Crippen LogP contribution < -0.4 is 10.6 Å². The molecule has 0 radical (unpaired) electrons. The maximum absolute atomic E-state index is 12.1. The first-order valence-corrected chi connectivity index (χ1v) is 7.75. The molecule has 0 fully saturated rings. The fraction of sp³-hybridized carbons (Fsp3) is 0.176. The Morgan fingerprint density at radius 2 is 2.00 bits per heavy atom. The monoisotopic (exact) mass is 358 g/mol. The van der Waals surface area contributed by atoms with Gasteiger partial charge in [-0.15, -0.1) is 0 Å². The second kappa shape index (κ2) is 8.24. The summed E-state index contributed by atoms with van der Waals surface area (Å²) in [6, 6.07) is 12.7. The molecular formula is C17H15ClN4O3. The SMILES string of the molecule is C[C@@H](NCC(=O)Nc1ccc([N+](=O)[O-])cc1C#N)c1ccc(Cl)cc1. The molecule has 0 saturated carbocycles. The fourth-order valence-electron chi connectivity index (χ4n) is 2.16. The molecule has 0 aliphatic carbocycles. The first-order valence-electron chi connectivity index (χ1n) is 7.38. The van der Waals surface area contributed by atoms with Crippen molar-refractivity contribution in [2.24, 2.45) is 0 Å². The highest BCUT2D eigenvalue weighted by molar-refractivity contribution is 6.30. The molecule has 2 rings (SSSR count). The van der Waals surface area contributed by atoms with Crippen LogP contribution in [0.15, 0.2) is 42.5 Å². The number of rotatable bonds is 6. The minimum Gasteiger partial charge on any atom is -0.324 e. The molecule has 0 heterocycles. The van der Waals surface area contributed by atoms with Gasteiger partial charge in [-0.05, 0) is 30.7 Å². The van der Waals surface area contributed by atoms with Crippen LogP contribution in [-0.4, -0.2) is 17.4 Å². The number of nitro groups is 1. The van der Waals surface area contributed by atoms with E-state index in [1.807, 2.05) is 25.1 Å². The lowest BCUT2D eigenvalue weighted by Gasteiger charge is -2.14. The first-order chi connectivity index (χ1) is 11.9. The Kier molecular flexibility index (Phi) is 6.06. The Morgan fingerprint density at radius 1 is 1.32 bits per heavy atom. The molecule has 7 nitrogen and oxygen atoms in total. The van der Waals surface area contributed by atoms with Gasteiger partial charge in [0.15, 0.2) is 0 Å². The minimum absolute atomic E-state index is 0.0195. The molecule has 25 heavy (non-hydrogen) atoms. The molecule has 0 aliphatic heterocycles. The fourth-order valence-corrected chi connectivity index (χ4v) is 2.28. The molecule has 128 valence electrons. The summed E-state index contributed by atoms with van der Waals surface area (Å²) >= 11 is 5.84. The van der Waals surface area contributed by atoms with Crippen LogP contribution in [0.5, 0.6) is 0 Å². The van der Waals surface area contributed by atoms with E-state index < -0.39 is 4.92 Å². The number of carbonyl (C=O) groups excluding carboxylic acids is 1. The van der Waals surface area contributed by atoms with Crippen molar-refractivity contribution in [3.8, 4) is 6.07 Å². The van der Waals surface area contributed by atoms with Gasteiger partial charge in [-0.1, -0.05) is 23.7 Å². The Balaban J connectivity index is 1.97. The summed E-state index contributed by atoms with van der Waals surface area (Å²) < 4.78 is 0. The normalized spacial score (nSPS) is 11.4. The smallest absolute Gasteiger partial charge is 0.270 e. The largest absolute Gasteiger partial charge is 0.324 e. The molecule has 1 atom stereocenters. The van der Waals surface area contributed by atoms with Crippen LogP contribution in [0.25, 0.3) is 0 Å². The van der Waals surface area contributed by atoms with Crippen molar-refractivity contribution in [1.82, 2.24) is 5.32 Å². The number of halogens is 1. The van der Waals surface area contributed by atoms with Crippen molar-refractivity contribution in [3.05, 3.63) is 68.7 Å². The van der Waals surface area contributed by atoms with Crippen LogP contribution in [0.3, 0.4) is 0 Å². The van der Waals surface area contributed by atoms with E-state index in [9.17, 15) is 14.9 Å². The lowest BCUT2D eigenvalue weighted by atomic mass is 10.1. The van der Waals surface area contributed by atoms with Crippen molar-refractivity contribution in [3.63, 3.8) is 0 Å². The Hall–Kier alpha value is -2.95. The number of carbonyl (C=O) groups is 1. The maximum atomic E-state index is 12.1. The average Bonchev–Trinajstić information content (AvgIpc) is 2.60. The summed E-state index contributed by atoms with van der Waals surface area (Å²) in [7, 11) is 0. The van der Waals surface area contributed by atoms with Crippen LogP contribution in [0.2, 0.25) is 5.02 Å². The standard InChI is InChI=1S/C17H15ClN4O3/c1-11(12-2-4-14(18)5-3-12)20-10-17(23)21-16-7-6-15(22(24)25)8-13(16)9-19/h2-8,11,20H,10H2,1H3,(H,21,23)/t11-/m1/s1.